The normalized spacial score (nSPS) is 11.0. The summed E-state index contributed by atoms with van der Waals surface area (Å²) in [6.07, 6.45) is 0. The summed E-state index contributed by atoms with van der Waals surface area (Å²) in [4.78, 5) is 29.7. The number of hydrogen-bond acceptors (Lipinski definition) is 6. The van der Waals surface area contributed by atoms with E-state index >= 15 is 0 Å². The van der Waals surface area contributed by atoms with Crippen molar-refractivity contribution in [3.05, 3.63) is 243 Å². The van der Waals surface area contributed by atoms with Crippen molar-refractivity contribution in [3.8, 4) is 113 Å². The Morgan fingerprint density at radius 2 is 0.394 bits per heavy atom. The first-order chi connectivity index (χ1) is 32.7. The van der Waals surface area contributed by atoms with Gasteiger partial charge in [-0.05, 0) is 56.6 Å². The third-order valence-electron chi connectivity index (χ3n) is 11.6. The molecule has 11 rings (SSSR count). The Labute approximate surface area is 383 Å². The molecule has 310 valence electrons. The van der Waals surface area contributed by atoms with Gasteiger partial charge in [0.25, 0.3) is 0 Å². The minimum atomic E-state index is 0.620. The van der Waals surface area contributed by atoms with Crippen molar-refractivity contribution in [2.45, 2.75) is 0 Å². The molecule has 66 heavy (non-hydrogen) atoms. The molecule has 6 heteroatoms. The predicted octanol–water partition coefficient (Wildman–Crippen LogP) is 14.7. The highest BCUT2D eigenvalue weighted by Crippen LogP contribution is 2.40. The molecule has 11 aromatic rings. The van der Waals surface area contributed by atoms with Gasteiger partial charge in [-0.1, -0.05) is 231 Å². The number of hydrogen-bond donors (Lipinski definition) is 0. The zero-order chi connectivity index (χ0) is 44.1. The molecule has 2 aromatic heterocycles. The SMILES string of the molecule is c1ccc(-c2nc(-c3ccccc3)nc(-c3ccc(-c4cccc(-c5ccccc5-c5ccccc5-c5cccc(-c6nc(-c7ccccc7)nc(-c7ccccc7)n6)c5)c4)cc3)n2)cc1. The summed E-state index contributed by atoms with van der Waals surface area (Å²) >= 11 is 0. The Hall–Kier alpha value is -9.00. The van der Waals surface area contributed by atoms with Crippen LogP contribution in [0.5, 0.6) is 0 Å². The zero-order valence-corrected chi connectivity index (χ0v) is 35.8. The summed E-state index contributed by atoms with van der Waals surface area (Å²) < 4.78 is 0. The summed E-state index contributed by atoms with van der Waals surface area (Å²) in [6, 6.07) is 83.3. The quantitative estimate of drug-likeness (QED) is 0.136. The summed E-state index contributed by atoms with van der Waals surface area (Å²) in [7, 11) is 0. The van der Waals surface area contributed by atoms with Gasteiger partial charge in [-0.2, -0.15) is 0 Å². The van der Waals surface area contributed by atoms with Gasteiger partial charge < -0.3 is 0 Å². The molecule has 0 aliphatic rings. The Balaban J connectivity index is 0.928. The van der Waals surface area contributed by atoms with Gasteiger partial charge in [0.2, 0.25) is 0 Å². The maximum atomic E-state index is 5.02. The molecular weight excluding hydrogens is 805 g/mol. The lowest BCUT2D eigenvalue weighted by atomic mass is 9.88. The minimum absolute atomic E-state index is 0.620. The van der Waals surface area contributed by atoms with Crippen molar-refractivity contribution in [2.75, 3.05) is 0 Å². The fourth-order valence-corrected chi connectivity index (χ4v) is 8.32. The fraction of sp³-hybridized carbons (Fsp3) is 0. The monoisotopic (exact) mass is 844 g/mol. The van der Waals surface area contributed by atoms with Crippen molar-refractivity contribution in [3.63, 3.8) is 0 Å². The van der Waals surface area contributed by atoms with E-state index < -0.39 is 0 Å². The molecule has 0 bridgehead atoms. The molecule has 0 radical (unpaired) electrons. The Kier molecular flexibility index (Phi) is 10.9. The third-order valence-corrected chi connectivity index (χ3v) is 11.6. The summed E-state index contributed by atoms with van der Waals surface area (Å²) in [5.74, 6) is 3.80. The highest BCUT2D eigenvalue weighted by Gasteiger charge is 2.17. The molecule has 0 spiro atoms. The third kappa shape index (κ3) is 8.30. The smallest absolute Gasteiger partial charge is 0.164 e. The number of rotatable bonds is 10. The van der Waals surface area contributed by atoms with E-state index in [1.54, 1.807) is 0 Å². The van der Waals surface area contributed by atoms with Gasteiger partial charge in [-0.25, -0.2) is 29.9 Å². The molecule has 2 heterocycles. The van der Waals surface area contributed by atoms with Crippen LogP contribution in [0.25, 0.3) is 113 Å². The lowest BCUT2D eigenvalue weighted by Gasteiger charge is -2.16. The first-order valence-electron chi connectivity index (χ1n) is 21.9. The van der Waals surface area contributed by atoms with Gasteiger partial charge in [0, 0.05) is 33.4 Å². The van der Waals surface area contributed by atoms with Crippen molar-refractivity contribution in [2.24, 2.45) is 0 Å². The highest BCUT2D eigenvalue weighted by molar-refractivity contribution is 5.93. The molecule has 0 fully saturated rings. The Morgan fingerprint density at radius 3 is 0.773 bits per heavy atom. The Bertz CT molecular complexity index is 3330. The Morgan fingerprint density at radius 1 is 0.152 bits per heavy atom. The first kappa shape index (κ1) is 39.8. The van der Waals surface area contributed by atoms with Gasteiger partial charge in [0.05, 0.1) is 0 Å². The van der Waals surface area contributed by atoms with Crippen LogP contribution in [-0.2, 0) is 0 Å². The fourth-order valence-electron chi connectivity index (χ4n) is 8.32. The van der Waals surface area contributed by atoms with Crippen molar-refractivity contribution >= 4 is 0 Å². The lowest BCUT2D eigenvalue weighted by Crippen LogP contribution is -2.00. The first-order valence-corrected chi connectivity index (χ1v) is 21.9. The molecule has 0 amide bonds. The number of aromatic nitrogens is 6. The van der Waals surface area contributed by atoms with E-state index in [-0.39, 0.29) is 0 Å². The second kappa shape index (κ2) is 18.0. The molecule has 0 N–H and O–H groups in total. The van der Waals surface area contributed by atoms with Crippen molar-refractivity contribution in [1.29, 1.82) is 0 Å². The van der Waals surface area contributed by atoms with Crippen molar-refractivity contribution < 1.29 is 0 Å². The van der Waals surface area contributed by atoms with Crippen LogP contribution in [0.2, 0.25) is 0 Å². The maximum absolute atomic E-state index is 5.02. The van der Waals surface area contributed by atoms with Gasteiger partial charge in [0.15, 0.2) is 34.9 Å². The molecule has 0 atom stereocenters. The van der Waals surface area contributed by atoms with E-state index in [9.17, 15) is 0 Å². The van der Waals surface area contributed by atoms with Crippen molar-refractivity contribution in [1.82, 2.24) is 29.9 Å². The standard InChI is InChI=1S/C60H40N6/c1-5-19-42(20-6-1)55-61-56(43-21-7-2-8-22-43)64-59(63-55)46-37-35-41(36-38-46)47-27-17-28-48(39-47)51-31-13-15-33-53(51)54-34-16-14-32-52(54)49-29-18-30-50(40-49)60-65-57(44-23-9-3-10-24-44)62-58(66-60)45-25-11-4-12-26-45/h1-40H. The van der Waals surface area contributed by atoms with Crippen LogP contribution in [-0.4, -0.2) is 29.9 Å². The van der Waals surface area contributed by atoms with Crippen LogP contribution in [0.1, 0.15) is 0 Å². The molecular formula is C60H40N6. The molecule has 6 nitrogen and oxygen atoms in total. The maximum Gasteiger partial charge on any atom is 0.164 e. The van der Waals surface area contributed by atoms with E-state index in [0.29, 0.717) is 34.9 Å². The summed E-state index contributed by atoms with van der Waals surface area (Å²) in [5.41, 5.74) is 14.5. The van der Waals surface area contributed by atoms with Gasteiger partial charge in [0.1, 0.15) is 0 Å². The van der Waals surface area contributed by atoms with E-state index in [0.717, 1.165) is 77.9 Å². The van der Waals surface area contributed by atoms with Gasteiger partial charge in [-0.15, -0.1) is 0 Å². The largest absolute Gasteiger partial charge is 0.208 e. The molecule has 0 aliphatic heterocycles. The molecule has 0 unspecified atom stereocenters. The minimum Gasteiger partial charge on any atom is -0.208 e. The van der Waals surface area contributed by atoms with Gasteiger partial charge >= 0.3 is 0 Å². The van der Waals surface area contributed by atoms with Crippen LogP contribution in [0.15, 0.2) is 243 Å². The van der Waals surface area contributed by atoms with E-state index in [1.807, 2.05) is 121 Å². The molecule has 0 saturated heterocycles. The predicted molar refractivity (Wildman–Crippen MR) is 268 cm³/mol. The average molecular weight is 845 g/mol. The van der Waals surface area contributed by atoms with Crippen LogP contribution >= 0.6 is 0 Å². The van der Waals surface area contributed by atoms with Crippen LogP contribution in [0.3, 0.4) is 0 Å². The molecule has 0 saturated carbocycles. The second-order valence-electron chi connectivity index (χ2n) is 15.9. The van der Waals surface area contributed by atoms with Crippen LogP contribution < -0.4 is 0 Å². The second-order valence-corrected chi connectivity index (χ2v) is 15.9. The molecule has 9 aromatic carbocycles. The molecule has 0 aliphatic carbocycles. The average Bonchev–Trinajstić information content (AvgIpc) is 3.42. The topological polar surface area (TPSA) is 77.3 Å². The van der Waals surface area contributed by atoms with Crippen LogP contribution in [0.4, 0.5) is 0 Å². The number of nitrogens with zero attached hydrogens (tertiary/aromatic N) is 6. The zero-order valence-electron chi connectivity index (χ0n) is 35.8. The van der Waals surface area contributed by atoms with Crippen LogP contribution in [0, 0.1) is 0 Å². The summed E-state index contributed by atoms with van der Waals surface area (Å²) in [6.45, 7) is 0. The number of benzene rings is 9. The summed E-state index contributed by atoms with van der Waals surface area (Å²) in [5, 5.41) is 0. The lowest BCUT2D eigenvalue weighted by molar-refractivity contribution is 1.07. The van der Waals surface area contributed by atoms with Gasteiger partial charge in [-0.3, -0.25) is 0 Å². The highest BCUT2D eigenvalue weighted by atomic mass is 15.0. The van der Waals surface area contributed by atoms with E-state index in [4.69, 9.17) is 29.9 Å². The van der Waals surface area contributed by atoms with E-state index in [1.165, 1.54) is 0 Å². The van der Waals surface area contributed by atoms with E-state index in [2.05, 4.69) is 121 Å².